The van der Waals surface area contributed by atoms with E-state index in [0.717, 1.165) is 48.0 Å². The van der Waals surface area contributed by atoms with Gasteiger partial charge >= 0.3 is 0 Å². The molecule has 1 saturated carbocycles. The first-order valence-electron chi connectivity index (χ1n) is 11.0. The van der Waals surface area contributed by atoms with Crippen molar-refractivity contribution in [2.24, 2.45) is 0 Å². The number of hydrogen-bond acceptors (Lipinski definition) is 5. The first-order chi connectivity index (χ1) is 15.2. The quantitative estimate of drug-likeness (QED) is 0.582. The highest BCUT2D eigenvalue weighted by Gasteiger charge is 2.27. The van der Waals surface area contributed by atoms with Gasteiger partial charge in [0, 0.05) is 23.8 Å². The Hall–Kier alpha value is -2.80. The van der Waals surface area contributed by atoms with Crippen LogP contribution in [0, 0.1) is 0 Å². The van der Waals surface area contributed by atoms with Gasteiger partial charge in [0.2, 0.25) is 5.91 Å². The number of carbonyl (C=O) groups excluding carboxylic acids is 1. The van der Waals surface area contributed by atoms with Crippen LogP contribution in [0.15, 0.2) is 53.7 Å². The van der Waals surface area contributed by atoms with Crippen molar-refractivity contribution in [1.29, 1.82) is 0 Å². The van der Waals surface area contributed by atoms with Gasteiger partial charge in [-0.15, -0.1) is 10.2 Å². The summed E-state index contributed by atoms with van der Waals surface area (Å²) in [7, 11) is 0. The van der Waals surface area contributed by atoms with E-state index in [4.69, 9.17) is 0 Å². The van der Waals surface area contributed by atoms with Gasteiger partial charge in [0.15, 0.2) is 11.0 Å². The fourth-order valence-corrected chi connectivity index (χ4v) is 5.53. The number of anilines is 1. The molecule has 1 aliphatic heterocycles. The molecule has 0 spiro atoms. The second-order valence-electron chi connectivity index (χ2n) is 8.23. The number of phenols is 1. The van der Waals surface area contributed by atoms with Gasteiger partial charge in [0.25, 0.3) is 0 Å². The predicted molar refractivity (Wildman–Crippen MR) is 122 cm³/mol. The summed E-state index contributed by atoms with van der Waals surface area (Å²) in [4.78, 5) is 14.9. The molecule has 2 aromatic carbocycles. The Balaban J connectivity index is 1.38. The molecule has 0 unspecified atom stereocenters. The number of carbonyl (C=O) groups is 1. The third-order valence-electron chi connectivity index (χ3n) is 6.24. The molecular weight excluding hydrogens is 408 g/mol. The van der Waals surface area contributed by atoms with E-state index in [1.54, 1.807) is 12.1 Å². The number of phenolic OH excluding ortho intramolecular Hbond substituents is 1. The van der Waals surface area contributed by atoms with Crippen LogP contribution in [0.4, 0.5) is 5.69 Å². The summed E-state index contributed by atoms with van der Waals surface area (Å²) in [6, 6.07) is 15.6. The summed E-state index contributed by atoms with van der Waals surface area (Å²) < 4.78 is 2.22. The van der Waals surface area contributed by atoms with Gasteiger partial charge in [0.1, 0.15) is 5.75 Å². The summed E-state index contributed by atoms with van der Waals surface area (Å²) in [5.74, 6) is 1.50. The molecule has 1 aromatic heterocycles. The van der Waals surface area contributed by atoms with Crippen LogP contribution in [0.1, 0.15) is 43.7 Å². The second kappa shape index (κ2) is 8.75. The number of hydrogen-bond donors (Lipinski definition) is 1. The predicted octanol–water partition coefficient (Wildman–Crippen LogP) is 4.84. The van der Waals surface area contributed by atoms with Crippen LogP contribution in [-0.4, -0.2) is 38.1 Å². The zero-order valence-corrected chi connectivity index (χ0v) is 18.2. The van der Waals surface area contributed by atoms with E-state index in [2.05, 4.69) is 20.8 Å². The van der Waals surface area contributed by atoms with Crippen molar-refractivity contribution in [1.82, 2.24) is 14.8 Å². The molecule has 0 bridgehead atoms. The molecule has 0 atom stereocenters. The molecule has 1 fully saturated rings. The van der Waals surface area contributed by atoms with Crippen LogP contribution in [0.2, 0.25) is 0 Å². The molecule has 2 aliphatic rings. The highest BCUT2D eigenvalue weighted by atomic mass is 32.2. The van der Waals surface area contributed by atoms with Crippen LogP contribution >= 0.6 is 11.8 Å². The summed E-state index contributed by atoms with van der Waals surface area (Å²) in [6.45, 7) is 0.743. The number of fused-ring (bicyclic) bond motifs is 1. The molecule has 0 radical (unpaired) electrons. The minimum atomic E-state index is 0.110. The average Bonchev–Trinajstić information content (AvgIpc) is 3.43. The molecule has 2 heterocycles. The summed E-state index contributed by atoms with van der Waals surface area (Å²) >= 11 is 1.48. The van der Waals surface area contributed by atoms with E-state index >= 15 is 0 Å². The highest BCUT2D eigenvalue weighted by molar-refractivity contribution is 7.99. The van der Waals surface area contributed by atoms with Crippen LogP contribution in [0.5, 0.6) is 5.75 Å². The Morgan fingerprint density at radius 2 is 1.81 bits per heavy atom. The molecule has 7 heteroatoms. The lowest BCUT2D eigenvalue weighted by molar-refractivity contribution is -0.116. The monoisotopic (exact) mass is 434 g/mol. The topological polar surface area (TPSA) is 71.2 Å². The van der Waals surface area contributed by atoms with Gasteiger partial charge in [0.05, 0.1) is 5.75 Å². The van der Waals surface area contributed by atoms with Crippen molar-refractivity contribution >= 4 is 23.4 Å². The van der Waals surface area contributed by atoms with Crippen LogP contribution < -0.4 is 4.90 Å². The minimum absolute atomic E-state index is 0.110. The second-order valence-corrected chi connectivity index (χ2v) is 9.17. The van der Waals surface area contributed by atoms with Gasteiger partial charge in [-0.05, 0) is 55.2 Å². The third kappa shape index (κ3) is 4.06. The number of aromatic nitrogens is 3. The minimum Gasteiger partial charge on any atom is -0.508 e. The number of rotatable bonds is 5. The molecule has 1 N–H and O–H groups in total. The fraction of sp³-hybridized carbons (Fsp3) is 0.375. The van der Waals surface area contributed by atoms with Gasteiger partial charge in [-0.3, -0.25) is 9.36 Å². The zero-order valence-electron chi connectivity index (χ0n) is 17.4. The molecular formula is C24H26N4O2S. The Bertz CT molecular complexity index is 1070. The number of para-hydroxylation sites is 1. The van der Waals surface area contributed by atoms with Crippen LogP contribution in [0.3, 0.4) is 0 Å². The van der Waals surface area contributed by atoms with E-state index in [-0.39, 0.29) is 11.7 Å². The summed E-state index contributed by atoms with van der Waals surface area (Å²) in [6.07, 6.45) is 6.78. The van der Waals surface area contributed by atoms with E-state index < -0.39 is 0 Å². The fourth-order valence-electron chi connectivity index (χ4n) is 4.65. The number of benzene rings is 2. The Morgan fingerprint density at radius 1 is 1.03 bits per heavy atom. The van der Waals surface area contributed by atoms with Gasteiger partial charge < -0.3 is 10.0 Å². The Morgan fingerprint density at radius 3 is 2.61 bits per heavy atom. The molecule has 1 amide bonds. The molecule has 3 aromatic rings. The zero-order chi connectivity index (χ0) is 21.2. The Kier molecular flexibility index (Phi) is 5.68. The van der Waals surface area contributed by atoms with Crippen molar-refractivity contribution < 1.29 is 9.90 Å². The van der Waals surface area contributed by atoms with E-state index in [1.165, 1.54) is 36.6 Å². The summed E-state index contributed by atoms with van der Waals surface area (Å²) in [5, 5.41) is 19.4. The lowest BCUT2D eigenvalue weighted by atomic mass is 9.95. The van der Waals surface area contributed by atoms with Crippen molar-refractivity contribution in [3.05, 3.63) is 54.1 Å². The van der Waals surface area contributed by atoms with Gasteiger partial charge in [-0.25, -0.2) is 0 Å². The van der Waals surface area contributed by atoms with Crippen molar-refractivity contribution in [3.63, 3.8) is 0 Å². The van der Waals surface area contributed by atoms with Crippen molar-refractivity contribution in [2.75, 3.05) is 17.2 Å². The molecule has 1 aliphatic carbocycles. The maximum absolute atomic E-state index is 13.0. The van der Waals surface area contributed by atoms with E-state index in [1.807, 2.05) is 35.2 Å². The van der Waals surface area contributed by atoms with Gasteiger partial charge in [-0.2, -0.15) is 0 Å². The van der Waals surface area contributed by atoms with Crippen LogP contribution in [0.25, 0.3) is 11.4 Å². The standard InChI is InChI=1S/C24H26N4O2S/c29-20-12-10-18(11-13-20)23-25-26-24(28(23)19-7-2-1-3-8-19)31-16-22(30)27-15-14-17-6-4-5-9-21(17)27/h4-6,9-13,19,29H,1-3,7-8,14-16H2. The third-order valence-corrected chi connectivity index (χ3v) is 7.17. The molecule has 0 saturated heterocycles. The number of thioether (sulfide) groups is 1. The maximum Gasteiger partial charge on any atom is 0.237 e. The molecule has 6 nitrogen and oxygen atoms in total. The van der Waals surface area contributed by atoms with Crippen LogP contribution in [-0.2, 0) is 11.2 Å². The number of aromatic hydroxyl groups is 1. The molecule has 5 rings (SSSR count). The van der Waals surface area contributed by atoms with Crippen molar-refractivity contribution in [3.8, 4) is 17.1 Å². The average molecular weight is 435 g/mol. The first kappa shape index (κ1) is 20.1. The maximum atomic E-state index is 13.0. The lowest BCUT2D eigenvalue weighted by Crippen LogP contribution is -2.30. The van der Waals surface area contributed by atoms with Gasteiger partial charge in [-0.1, -0.05) is 49.2 Å². The smallest absolute Gasteiger partial charge is 0.237 e. The molecule has 31 heavy (non-hydrogen) atoms. The normalized spacial score (nSPS) is 16.5. The van der Waals surface area contributed by atoms with Crippen molar-refractivity contribution in [2.45, 2.75) is 49.7 Å². The highest BCUT2D eigenvalue weighted by Crippen LogP contribution is 2.36. The first-order valence-corrected chi connectivity index (χ1v) is 11.9. The lowest BCUT2D eigenvalue weighted by Gasteiger charge is -2.25. The van der Waals surface area contributed by atoms with E-state index in [9.17, 15) is 9.90 Å². The molecule has 160 valence electrons. The largest absolute Gasteiger partial charge is 0.508 e. The number of nitrogens with zero attached hydrogens (tertiary/aromatic N) is 4. The number of amides is 1. The van der Waals surface area contributed by atoms with E-state index in [0.29, 0.717) is 11.8 Å². The Labute approximate surface area is 186 Å². The SMILES string of the molecule is O=C(CSc1nnc(-c2ccc(O)cc2)n1C1CCCCC1)N1CCc2ccccc21. The summed E-state index contributed by atoms with van der Waals surface area (Å²) in [5.41, 5.74) is 3.20.